The highest BCUT2D eigenvalue weighted by Crippen LogP contribution is 2.25. The topological polar surface area (TPSA) is 67.4 Å². The molecule has 0 heterocycles. The van der Waals surface area contributed by atoms with Crippen molar-refractivity contribution in [2.45, 2.75) is 13.8 Å². The van der Waals surface area contributed by atoms with Crippen LogP contribution in [-0.2, 0) is 4.79 Å². The zero-order valence-corrected chi connectivity index (χ0v) is 13.4. The Morgan fingerprint density at radius 1 is 1.25 bits per heavy atom. The maximum absolute atomic E-state index is 11.9. The Labute approximate surface area is 127 Å². The van der Waals surface area contributed by atoms with Crippen molar-refractivity contribution in [3.05, 3.63) is 28.2 Å². The van der Waals surface area contributed by atoms with E-state index in [1.54, 1.807) is 25.3 Å². The maximum atomic E-state index is 11.9. The van der Waals surface area contributed by atoms with E-state index in [-0.39, 0.29) is 17.7 Å². The molecule has 0 aliphatic carbocycles. The summed E-state index contributed by atoms with van der Waals surface area (Å²) >= 11 is 3.33. The Kier molecular flexibility index (Phi) is 6.51. The van der Waals surface area contributed by atoms with Crippen LogP contribution in [0.2, 0.25) is 0 Å². The number of amides is 2. The second-order valence-electron chi connectivity index (χ2n) is 4.55. The van der Waals surface area contributed by atoms with Gasteiger partial charge < -0.3 is 15.4 Å². The number of hydrogen-bond donors (Lipinski definition) is 2. The molecule has 0 unspecified atom stereocenters. The average molecular weight is 343 g/mol. The first-order valence-electron chi connectivity index (χ1n) is 6.35. The Balaban J connectivity index is 2.43. The number of ether oxygens (including phenoxy) is 1. The molecule has 2 N–H and O–H groups in total. The van der Waals surface area contributed by atoms with Gasteiger partial charge in [0, 0.05) is 24.6 Å². The molecule has 0 saturated heterocycles. The third-order valence-corrected chi connectivity index (χ3v) is 3.27. The predicted molar refractivity (Wildman–Crippen MR) is 80.9 cm³/mol. The SMILES string of the molecule is COc1ccc(C(=O)NCCNC(=O)C(C)C)cc1Br. The number of carbonyl (C=O) groups excluding carboxylic acids is 2. The minimum Gasteiger partial charge on any atom is -0.496 e. The van der Waals surface area contributed by atoms with Gasteiger partial charge in [-0.25, -0.2) is 0 Å². The van der Waals surface area contributed by atoms with Gasteiger partial charge in [-0.15, -0.1) is 0 Å². The van der Waals surface area contributed by atoms with Crippen molar-refractivity contribution in [1.29, 1.82) is 0 Å². The third kappa shape index (κ3) is 4.85. The monoisotopic (exact) mass is 342 g/mol. The average Bonchev–Trinajstić information content (AvgIpc) is 2.42. The lowest BCUT2D eigenvalue weighted by atomic mass is 10.2. The number of carbonyl (C=O) groups is 2. The highest BCUT2D eigenvalue weighted by Gasteiger charge is 2.09. The summed E-state index contributed by atoms with van der Waals surface area (Å²) in [5, 5.41) is 5.48. The summed E-state index contributed by atoms with van der Waals surface area (Å²) in [5.74, 6) is 0.410. The molecular formula is C14H19BrN2O3. The van der Waals surface area contributed by atoms with Crippen LogP contribution >= 0.6 is 15.9 Å². The van der Waals surface area contributed by atoms with Crippen molar-refractivity contribution < 1.29 is 14.3 Å². The van der Waals surface area contributed by atoms with Gasteiger partial charge >= 0.3 is 0 Å². The minimum absolute atomic E-state index is 0.0218. The summed E-state index contributed by atoms with van der Waals surface area (Å²) in [6.07, 6.45) is 0. The van der Waals surface area contributed by atoms with Crippen molar-refractivity contribution in [2.75, 3.05) is 20.2 Å². The van der Waals surface area contributed by atoms with Gasteiger partial charge in [0.2, 0.25) is 5.91 Å². The molecule has 0 aromatic heterocycles. The molecule has 1 aromatic rings. The van der Waals surface area contributed by atoms with E-state index in [2.05, 4.69) is 26.6 Å². The molecule has 0 aliphatic heterocycles. The molecule has 0 aliphatic rings. The number of benzene rings is 1. The molecular weight excluding hydrogens is 324 g/mol. The Bertz CT molecular complexity index is 489. The van der Waals surface area contributed by atoms with Crippen LogP contribution in [0.15, 0.2) is 22.7 Å². The first-order chi connectivity index (χ1) is 9.45. The second-order valence-corrected chi connectivity index (χ2v) is 5.41. The van der Waals surface area contributed by atoms with Crippen molar-refractivity contribution in [3.63, 3.8) is 0 Å². The van der Waals surface area contributed by atoms with E-state index in [0.29, 0.717) is 24.4 Å². The molecule has 0 bridgehead atoms. The lowest BCUT2D eigenvalue weighted by molar-refractivity contribution is -0.123. The van der Waals surface area contributed by atoms with Crippen LogP contribution in [0.5, 0.6) is 5.75 Å². The summed E-state index contributed by atoms with van der Waals surface area (Å²) < 4.78 is 5.82. The van der Waals surface area contributed by atoms with E-state index in [1.165, 1.54) is 0 Å². The molecule has 20 heavy (non-hydrogen) atoms. The molecule has 110 valence electrons. The summed E-state index contributed by atoms with van der Waals surface area (Å²) in [6, 6.07) is 5.10. The van der Waals surface area contributed by atoms with Crippen LogP contribution in [0.1, 0.15) is 24.2 Å². The summed E-state index contributed by atoms with van der Waals surface area (Å²) in [7, 11) is 1.57. The third-order valence-electron chi connectivity index (χ3n) is 2.65. The summed E-state index contributed by atoms with van der Waals surface area (Å²) in [5.41, 5.74) is 0.535. The number of hydrogen-bond acceptors (Lipinski definition) is 3. The van der Waals surface area contributed by atoms with Crippen molar-refractivity contribution >= 4 is 27.7 Å². The van der Waals surface area contributed by atoms with Crippen LogP contribution < -0.4 is 15.4 Å². The molecule has 6 heteroatoms. The highest BCUT2D eigenvalue weighted by molar-refractivity contribution is 9.10. The van der Waals surface area contributed by atoms with Crippen LogP contribution in [0, 0.1) is 5.92 Å². The molecule has 5 nitrogen and oxygen atoms in total. The molecule has 1 aromatic carbocycles. The fourth-order valence-electron chi connectivity index (χ4n) is 1.48. The number of methoxy groups -OCH3 is 1. The molecule has 0 spiro atoms. The van der Waals surface area contributed by atoms with E-state index in [9.17, 15) is 9.59 Å². The van der Waals surface area contributed by atoms with Gasteiger partial charge in [-0.2, -0.15) is 0 Å². The van der Waals surface area contributed by atoms with Crippen LogP contribution in [0.3, 0.4) is 0 Å². The van der Waals surface area contributed by atoms with Crippen molar-refractivity contribution in [2.24, 2.45) is 5.92 Å². The van der Waals surface area contributed by atoms with Crippen LogP contribution in [-0.4, -0.2) is 32.0 Å². The maximum Gasteiger partial charge on any atom is 0.251 e. The lowest BCUT2D eigenvalue weighted by Crippen LogP contribution is -2.36. The summed E-state index contributed by atoms with van der Waals surface area (Å²) in [4.78, 5) is 23.2. The first-order valence-corrected chi connectivity index (χ1v) is 7.14. The Hall–Kier alpha value is -1.56. The minimum atomic E-state index is -0.188. The highest BCUT2D eigenvalue weighted by atomic mass is 79.9. The largest absolute Gasteiger partial charge is 0.496 e. The van der Waals surface area contributed by atoms with E-state index in [0.717, 1.165) is 4.47 Å². The Morgan fingerprint density at radius 2 is 1.90 bits per heavy atom. The molecule has 0 fully saturated rings. The number of halogens is 1. The zero-order chi connectivity index (χ0) is 15.1. The fraction of sp³-hybridized carbons (Fsp3) is 0.429. The van der Waals surface area contributed by atoms with Gasteiger partial charge in [-0.1, -0.05) is 13.8 Å². The van der Waals surface area contributed by atoms with Gasteiger partial charge in [0.1, 0.15) is 5.75 Å². The zero-order valence-electron chi connectivity index (χ0n) is 11.8. The van der Waals surface area contributed by atoms with Gasteiger partial charge in [0.15, 0.2) is 0 Å². The van der Waals surface area contributed by atoms with Gasteiger partial charge in [0.25, 0.3) is 5.91 Å². The van der Waals surface area contributed by atoms with Crippen LogP contribution in [0.25, 0.3) is 0 Å². The fourth-order valence-corrected chi connectivity index (χ4v) is 2.02. The Morgan fingerprint density at radius 3 is 2.45 bits per heavy atom. The van der Waals surface area contributed by atoms with Gasteiger partial charge in [-0.3, -0.25) is 9.59 Å². The first kappa shape index (κ1) is 16.5. The molecule has 0 radical (unpaired) electrons. The van der Waals surface area contributed by atoms with E-state index >= 15 is 0 Å². The van der Waals surface area contributed by atoms with Gasteiger partial charge in [0.05, 0.1) is 11.6 Å². The van der Waals surface area contributed by atoms with E-state index in [1.807, 2.05) is 13.8 Å². The van der Waals surface area contributed by atoms with E-state index < -0.39 is 0 Å². The van der Waals surface area contributed by atoms with E-state index in [4.69, 9.17) is 4.74 Å². The normalized spacial score (nSPS) is 10.2. The van der Waals surface area contributed by atoms with Crippen LogP contribution in [0.4, 0.5) is 0 Å². The second kappa shape index (κ2) is 7.89. The quantitative estimate of drug-likeness (QED) is 0.776. The van der Waals surface area contributed by atoms with Crippen molar-refractivity contribution in [1.82, 2.24) is 10.6 Å². The van der Waals surface area contributed by atoms with Gasteiger partial charge in [-0.05, 0) is 34.1 Å². The molecule has 1 rings (SSSR count). The molecule has 0 atom stereocenters. The number of nitrogens with one attached hydrogen (secondary N) is 2. The standard InChI is InChI=1S/C14H19BrN2O3/c1-9(2)13(18)16-6-7-17-14(19)10-4-5-12(20-3)11(15)8-10/h4-5,8-9H,6-7H2,1-3H3,(H,16,18)(H,17,19). The lowest BCUT2D eigenvalue weighted by Gasteiger charge is -2.09. The smallest absolute Gasteiger partial charge is 0.251 e. The molecule has 2 amide bonds. The molecule has 0 saturated carbocycles. The summed E-state index contributed by atoms with van der Waals surface area (Å²) in [6.45, 7) is 4.45. The number of rotatable bonds is 6. The predicted octanol–water partition coefficient (Wildman–Crippen LogP) is 1.96. The van der Waals surface area contributed by atoms with Crippen molar-refractivity contribution in [3.8, 4) is 5.75 Å².